The summed E-state index contributed by atoms with van der Waals surface area (Å²) < 4.78 is 13.9. The SMILES string of the molecule is CCOC(=O)c1cnn(-c2nc(OC)c3c(cnn3CCCC3CCCCC3)n2)c1. The van der Waals surface area contributed by atoms with Gasteiger partial charge in [-0.05, 0) is 25.7 Å². The summed E-state index contributed by atoms with van der Waals surface area (Å²) in [6, 6.07) is 0. The lowest BCUT2D eigenvalue weighted by atomic mass is 9.86. The number of rotatable bonds is 8. The number of carbonyl (C=O) groups is 1. The fraction of sp³-hybridized carbons (Fsp3) is 0.571. The monoisotopic (exact) mass is 412 g/mol. The molecule has 9 heteroatoms. The number of hydrogen-bond acceptors (Lipinski definition) is 7. The number of methoxy groups -OCH3 is 1. The number of hydrogen-bond donors (Lipinski definition) is 0. The highest BCUT2D eigenvalue weighted by atomic mass is 16.5. The number of nitrogens with zero attached hydrogens (tertiary/aromatic N) is 6. The van der Waals surface area contributed by atoms with Crippen molar-refractivity contribution in [2.45, 2.75) is 58.4 Å². The second-order valence-electron chi connectivity index (χ2n) is 7.67. The zero-order valence-corrected chi connectivity index (χ0v) is 17.6. The van der Waals surface area contributed by atoms with Crippen molar-refractivity contribution in [3.63, 3.8) is 0 Å². The number of aryl methyl sites for hydroxylation is 1. The molecule has 0 radical (unpaired) electrons. The number of ether oxygens (including phenoxy) is 2. The van der Waals surface area contributed by atoms with Crippen molar-refractivity contribution < 1.29 is 14.3 Å². The van der Waals surface area contributed by atoms with E-state index in [2.05, 4.69) is 20.2 Å². The molecule has 0 amide bonds. The van der Waals surface area contributed by atoms with Crippen molar-refractivity contribution in [1.29, 1.82) is 0 Å². The summed E-state index contributed by atoms with van der Waals surface area (Å²) in [4.78, 5) is 20.9. The fourth-order valence-corrected chi connectivity index (χ4v) is 4.13. The summed E-state index contributed by atoms with van der Waals surface area (Å²) in [5.41, 5.74) is 1.81. The molecular formula is C21H28N6O3. The molecule has 1 saturated carbocycles. The van der Waals surface area contributed by atoms with Crippen molar-refractivity contribution >= 4 is 17.0 Å². The number of aromatic nitrogens is 6. The average Bonchev–Trinajstić information content (AvgIpc) is 3.42. The van der Waals surface area contributed by atoms with Crippen LogP contribution in [-0.4, -0.2) is 49.2 Å². The largest absolute Gasteiger partial charge is 0.479 e. The standard InChI is InChI=1S/C21H28N6O3/c1-3-30-20(28)16-12-22-27(14-16)21-24-17-13-23-26(18(17)19(25-21)29-2)11-7-10-15-8-5-4-6-9-15/h12-15H,3-11H2,1-2H3. The van der Waals surface area contributed by atoms with Crippen LogP contribution in [0.25, 0.3) is 17.0 Å². The molecule has 3 aromatic rings. The third-order valence-corrected chi connectivity index (χ3v) is 5.64. The molecule has 1 aliphatic carbocycles. The molecule has 30 heavy (non-hydrogen) atoms. The summed E-state index contributed by atoms with van der Waals surface area (Å²) >= 11 is 0. The van der Waals surface area contributed by atoms with Crippen LogP contribution < -0.4 is 4.74 Å². The lowest BCUT2D eigenvalue weighted by molar-refractivity contribution is 0.0526. The Morgan fingerprint density at radius 3 is 2.77 bits per heavy atom. The van der Waals surface area contributed by atoms with Gasteiger partial charge in [-0.25, -0.2) is 14.5 Å². The number of esters is 1. The quantitative estimate of drug-likeness (QED) is 0.522. The van der Waals surface area contributed by atoms with E-state index in [1.54, 1.807) is 26.4 Å². The molecule has 0 spiro atoms. The molecule has 3 heterocycles. The first-order valence-corrected chi connectivity index (χ1v) is 10.7. The fourth-order valence-electron chi connectivity index (χ4n) is 4.13. The van der Waals surface area contributed by atoms with Crippen molar-refractivity contribution in [2.75, 3.05) is 13.7 Å². The zero-order chi connectivity index (χ0) is 20.9. The molecule has 0 bridgehead atoms. The van der Waals surface area contributed by atoms with Crippen LogP contribution in [0.4, 0.5) is 0 Å². The molecule has 1 aliphatic rings. The van der Waals surface area contributed by atoms with Crippen LogP contribution in [0.1, 0.15) is 62.2 Å². The Kier molecular flexibility index (Phi) is 6.25. The van der Waals surface area contributed by atoms with E-state index < -0.39 is 5.97 Å². The molecule has 9 nitrogen and oxygen atoms in total. The van der Waals surface area contributed by atoms with Crippen molar-refractivity contribution in [3.8, 4) is 11.8 Å². The summed E-state index contributed by atoms with van der Waals surface area (Å²) in [6.07, 6.45) is 13.8. The van der Waals surface area contributed by atoms with Crippen LogP contribution in [-0.2, 0) is 11.3 Å². The van der Waals surface area contributed by atoms with E-state index >= 15 is 0 Å². The normalized spacial score (nSPS) is 14.9. The molecule has 4 rings (SSSR count). The predicted molar refractivity (Wildman–Crippen MR) is 111 cm³/mol. The molecular weight excluding hydrogens is 384 g/mol. The Balaban J connectivity index is 1.53. The minimum Gasteiger partial charge on any atom is -0.479 e. The van der Waals surface area contributed by atoms with E-state index in [9.17, 15) is 4.79 Å². The van der Waals surface area contributed by atoms with Crippen LogP contribution in [0.3, 0.4) is 0 Å². The highest BCUT2D eigenvalue weighted by molar-refractivity contribution is 5.88. The molecule has 0 saturated heterocycles. The maximum Gasteiger partial charge on any atom is 0.341 e. The van der Waals surface area contributed by atoms with Gasteiger partial charge in [-0.15, -0.1) is 0 Å². The van der Waals surface area contributed by atoms with Gasteiger partial charge >= 0.3 is 5.97 Å². The van der Waals surface area contributed by atoms with E-state index in [4.69, 9.17) is 9.47 Å². The second kappa shape index (κ2) is 9.23. The minimum absolute atomic E-state index is 0.306. The molecule has 0 atom stereocenters. The smallest absolute Gasteiger partial charge is 0.341 e. The molecule has 0 unspecified atom stereocenters. The highest BCUT2D eigenvalue weighted by Crippen LogP contribution is 2.28. The highest BCUT2D eigenvalue weighted by Gasteiger charge is 2.18. The topological polar surface area (TPSA) is 97.0 Å². The van der Waals surface area contributed by atoms with Crippen molar-refractivity contribution in [3.05, 3.63) is 24.2 Å². The summed E-state index contributed by atoms with van der Waals surface area (Å²) in [6.45, 7) is 2.88. The molecule has 0 aromatic carbocycles. The lowest BCUT2D eigenvalue weighted by Crippen LogP contribution is -2.09. The summed E-state index contributed by atoms with van der Waals surface area (Å²) in [5, 5.41) is 8.70. The first-order chi connectivity index (χ1) is 14.7. The Labute approximate surface area is 175 Å². The van der Waals surface area contributed by atoms with Gasteiger partial charge in [-0.2, -0.15) is 15.2 Å². The maximum absolute atomic E-state index is 11.9. The number of carbonyl (C=O) groups excluding carboxylic acids is 1. The Bertz CT molecular complexity index is 1010. The maximum atomic E-state index is 11.9. The van der Waals surface area contributed by atoms with E-state index in [-0.39, 0.29) is 0 Å². The van der Waals surface area contributed by atoms with Gasteiger partial charge in [0.25, 0.3) is 5.95 Å². The van der Waals surface area contributed by atoms with Crippen LogP contribution >= 0.6 is 0 Å². The molecule has 160 valence electrons. The van der Waals surface area contributed by atoms with Gasteiger partial charge in [-0.1, -0.05) is 32.1 Å². The third kappa shape index (κ3) is 4.29. The van der Waals surface area contributed by atoms with Gasteiger partial charge in [0.2, 0.25) is 5.88 Å². The van der Waals surface area contributed by atoms with Crippen molar-refractivity contribution in [2.24, 2.45) is 5.92 Å². The summed E-state index contributed by atoms with van der Waals surface area (Å²) in [5.74, 6) is 1.18. The van der Waals surface area contributed by atoms with Crippen LogP contribution in [0, 0.1) is 5.92 Å². The minimum atomic E-state index is -0.428. The molecule has 0 aliphatic heterocycles. The lowest BCUT2D eigenvalue weighted by Gasteiger charge is -2.21. The van der Waals surface area contributed by atoms with Gasteiger partial charge in [-0.3, -0.25) is 4.68 Å². The van der Waals surface area contributed by atoms with E-state index in [0.29, 0.717) is 29.5 Å². The Morgan fingerprint density at radius 1 is 1.17 bits per heavy atom. The Morgan fingerprint density at radius 2 is 2.00 bits per heavy atom. The van der Waals surface area contributed by atoms with Gasteiger partial charge in [0.05, 0.1) is 31.7 Å². The zero-order valence-electron chi connectivity index (χ0n) is 17.6. The van der Waals surface area contributed by atoms with Gasteiger partial charge in [0, 0.05) is 12.7 Å². The molecule has 1 fully saturated rings. The van der Waals surface area contributed by atoms with Crippen molar-refractivity contribution in [1.82, 2.24) is 29.5 Å². The molecule has 3 aromatic heterocycles. The predicted octanol–water partition coefficient (Wildman–Crippen LogP) is 3.56. The first kappa shape index (κ1) is 20.3. The Hall–Kier alpha value is -2.97. The first-order valence-electron chi connectivity index (χ1n) is 10.7. The third-order valence-electron chi connectivity index (χ3n) is 5.64. The van der Waals surface area contributed by atoms with Gasteiger partial charge in [0.15, 0.2) is 0 Å². The van der Waals surface area contributed by atoms with Gasteiger partial charge < -0.3 is 9.47 Å². The number of fused-ring (bicyclic) bond motifs is 1. The van der Waals surface area contributed by atoms with E-state index in [1.165, 1.54) is 49.4 Å². The van der Waals surface area contributed by atoms with Crippen LogP contribution in [0.5, 0.6) is 5.88 Å². The van der Waals surface area contributed by atoms with Gasteiger partial charge in [0.1, 0.15) is 11.0 Å². The van der Waals surface area contributed by atoms with Crippen LogP contribution in [0.2, 0.25) is 0 Å². The second-order valence-corrected chi connectivity index (χ2v) is 7.67. The summed E-state index contributed by atoms with van der Waals surface area (Å²) in [7, 11) is 1.58. The average molecular weight is 412 g/mol. The molecule has 0 N–H and O–H groups in total. The van der Waals surface area contributed by atoms with E-state index in [0.717, 1.165) is 24.4 Å². The van der Waals surface area contributed by atoms with E-state index in [1.807, 2.05) is 4.68 Å². The van der Waals surface area contributed by atoms with Crippen LogP contribution in [0.15, 0.2) is 18.6 Å².